The number of nitrogens with one attached hydrogen (secondary N) is 2. The number of pyridine rings is 1. The summed E-state index contributed by atoms with van der Waals surface area (Å²) in [6.07, 6.45) is 5.62. The molecule has 0 fully saturated rings. The molecule has 1 unspecified atom stereocenters. The van der Waals surface area contributed by atoms with Gasteiger partial charge >= 0.3 is 0 Å². The molecule has 8 nitrogen and oxygen atoms in total. The van der Waals surface area contributed by atoms with Gasteiger partial charge in [-0.3, -0.25) is 9.79 Å². The van der Waals surface area contributed by atoms with Crippen molar-refractivity contribution in [3.63, 3.8) is 0 Å². The Bertz CT molecular complexity index is 1340. The second-order valence-electron chi connectivity index (χ2n) is 8.97. The van der Waals surface area contributed by atoms with Crippen LogP contribution in [-0.2, 0) is 6.42 Å². The highest BCUT2D eigenvalue weighted by Crippen LogP contribution is 2.34. The highest BCUT2D eigenvalue weighted by atomic mass is 16.5. The molecule has 2 aliphatic rings. The number of amides is 1. The number of benzene rings is 2. The van der Waals surface area contributed by atoms with E-state index in [4.69, 9.17) is 9.72 Å². The molecule has 0 radical (unpaired) electrons. The minimum atomic E-state index is -0.302. The minimum Gasteiger partial charge on any atom is -0.492 e. The number of dihydropyridines is 1. The molecule has 188 valence electrons. The van der Waals surface area contributed by atoms with Gasteiger partial charge in [-0.05, 0) is 42.5 Å². The van der Waals surface area contributed by atoms with E-state index in [2.05, 4.69) is 32.9 Å². The first-order valence-corrected chi connectivity index (χ1v) is 12.4. The Labute approximate surface area is 215 Å². The molecule has 0 spiro atoms. The summed E-state index contributed by atoms with van der Waals surface area (Å²) in [5.74, 6) is 1.07. The quantitative estimate of drug-likeness (QED) is 0.241. The first kappa shape index (κ1) is 24.2. The zero-order valence-electron chi connectivity index (χ0n) is 20.4. The second-order valence-corrected chi connectivity index (χ2v) is 8.97. The SMILES string of the molecule is O=C(NC1=CCCN=C1)c1cc2c(nc1NCCOc1ccccc1)CC(c1ccccc1)C/C2=N\O. The van der Waals surface area contributed by atoms with Crippen LogP contribution < -0.4 is 15.4 Å². The molecule has 0 saturated carbocycles. The predicted molar refractivity (Wildman–Crippen MR) is 144 cm³/mol. The van der Waals surface area contributed by atoms with E-state index in [1.807, 2.05) is 54.6 Å². The molecule has 2 heterocycles. The number of fused-ring (bicyclic) bond motifs is 1. The molecule has 8 heteroatoms. The highest BCUT2D eigenvalue weighted by molar-refractivity contribution is 6.07. The molecule has 1 atom stereocenters. The van der Waals surface area contributed by atoms with Gasteiger partial charge in [0, 0.05) is 24.7 Å². The smallest absolute Gasteiger partial charge is 0.259 e. The molecule has 0 saturated heterocycles. The topological polar surface area (TPSA) is 108 Å². The summed E-state index contributed by atoms with van der Waals surface area (Å²) in [5.41, 5.74) is 4.19. The summed E-state index contributed by atoms with van der Waals surface area (Å²) in [4.78, 5) is 22.4. The van der Waals surface area contributed by atoms with E-state index in [0.717, 1.165) is 23.4 Å². The number of rotatable bonds is 8. The Hall–Kier alpha value is -4.46. The summed E-state index contributed by atoms with van der Waals surface area (Å²) in [5, 5.41) is 19.6. The van der Waals surface area contributed by atoms with Crippen LogP contribution in [0.2, 0.25) is 0 Å². The highest BCUT2D eigenvalue weighted by Gasteiger charge is 2.29. The molecule has 1 aliphatic heterocycles. The summed E-state index contributed by atoms with van der Waals surface area (Å²) >= 11 is 0. The van der Waals surface area contributed by atoms with E-state index in [1.54, 1.807) is 12.3 Å². The fourth-order valence-electron chi connectivity index (χ4n) is 4.62. The van der Waals surface area contributed by atoms with E-state index in [0.29, 0.717) is 60.9 Å². The van der Waals surface area contributed by atoms with Crippen molar-refractivity contribution in [3.05, 3.63) is 101 Å². The number of ether oxygens (including phenoxy) is 1. The third-order valence-corrected chi connectivity index (χ3v) is 6.45. The van der Waals surface area contributed by atoms with Crippen molar-refractivity contribution in [2.45, 2.75) is 25.2 Å². The van der Waals surface area contributed by atoms with Crippen LogP contribution in [0.3, 0.4) is 0 Å². The maximum atomic E-state index is 13.3. The molecule has 1 aromatic heterocycles. The molecule has 5 rings (SSSR count). The van der Waals surface area contributed by atoms with Crippen molar-refractivity contribution < 1.29 is 14.7 Å². The minimum absolute atomic E-state index is 0.129. The van der Waals surface area contributed by atoms with E-state index in [1.165, 1.54) is 0 Å². The molecule has 0 bridgehead atoms. The van der Waals surface area contributed by atoms with Crippen LogP contribution >= 0.6 is 0 Å². The molecule has 3 N–H and O–H groups in total. The van der Waals surface area contributed by atoms with Crippen LogP contribution in [0.15, 0.2) is 88.7 Å². The van der Waals surface area contributed by atoms with Crippen LogP contribution in [0.1, 0.15) is 45.9 Å². The lowest BCUT2D eigenvalue weighted by Gasteiger charge is -2.26. The molecule has 1 aliphatic carbocycles. The number of hydrogen-bond acceptors (Lipinski definition) is 7. The number of carbonyl (C=O) groups excluding carboxylic acids is 1. The van der Waals surface area contributed by atoms with Crippen LogP contribution in [0, 0.1) is 0 Å². The van der Waals surface area contributed by atoms with Gasteiger partial charge in [-0.25, -0.2) is 4.98 Å². The first-order chi connectivity index (χ1) is 18.2. The van der Waals surface area contributed by atoms with E-state index in [9.17, 15) is 10.0 Å². The van der Waals surface area contributed by atoms with Crippen molar-refractivity contribution in [1.29, 1.82) is 0 Å². The van der Waals surface area contributed by atoms with Crippen LogP contribution in [0.25, 0.3) is 0 Å². The van der Waals surface area contributed by atoms with Crippen LogP contribution in [0.4, 0.5) is 5.82 Å². The number of para-hydroxylation sites is 1. The maximum absolute atomic E-state index is 13.3. The van der Waals surface area contributed by atoms with E-state index in [-0.39, 0.29) is 11.8 Å². The van der Waals surface area contributed by atoms with E-state index >= 15 is 0 Å². The fourth-order valence-corrected chi connectivity index (χ4v) is 4.62. The number of aromatic nitrogens is 1. The summed E-state index contributed by atoms with van der Waals surface area (Å²) < 4.78 is 5.80. The van der Waals surface area contributed by atoms with Gasteiger partial charge in [0.2, 0.25) is 0 Å². The first-order valence-electron chi connectivity index (χ1n) is 12.4. The van der Waals surface area contributed by atoms with Crippen molar-refractivity contribution in [1.82, 2.24) is 10.3 Å². The van der Waals surface area contributed by atoms with Gasteiger partial charge in [-0.15, -0.1) is 0 Å². The largest absolute Gasteiger partial charge is 0.492 e. The predicted octanol–water partition coefficient (Wildman–Crippen LogP) is 4.57. The van der Waals surface area contributed by atoms with Crippen molar-refractivity contribution in [2.75, 3.05) is 25.0 Å². The van der Waals surface area contributed by atoms with Gasteiger partial charge < -0.3 is 20.6 Å². The fraction of sp³-hybridized carbons (Fsp3) is 0.241. The number of allylic oxidation sites excluding steroid dienone is 1. The third kappa shape index (κ3) is 5.86. The Kier molecular flexibility index (Phi) is 7.55. The number of aliphatic imine (C=N–C) groups is 1. The normalized spacial score (nSPS) is 17.6. The average molecular weight is 496 g/mol. The number of anilines is 1. The number of carbonyl (C=O) groups is 1. The van der Waals surface area contributed by atoms with Crippen molar-refractivity contribution in [2.24, 2.45) is 10.1 Å². The average Bonchev–Trinajstić information content (AvgIpc) is 2.95. The van der Waals surface area contributed by atoms with Crippen molar-refractivity contribution in [3.8, 4) is 5.75 Å². The molecule has 3 aromatic rings. The molecular formula is C29H29N5O3. The van der Waals surface area contributed by atoms with Gasteiger partial charge in [-0.2, -0.15) is 0 Å². The lowest BCUT2D eigenvalue weighted by Crippen LogP contribution is -2.29. The van der Waals surface area contributed by atoms with E-state index < -0.39 is 0 Å². The zero-order chi connectivity index (χ0) is 25.5. The van der Waals surface area contributed by atoms with Crippen LogP contribution in [0.5, 0.6) is 5.75 Å². The summed E-state index contributed by atoms with van der Waals surface area (Å²) in [6, 6.07) is 21.5. The lowest BCUT2D eigenvalue weighted by atomic mass is 9.81. The van der Waals surface area contributed by atoms with Gasteiger partial charge in [-0.1, -0.05) is 59.8 Å². The molecule has 1 amide bonds. The number of nitrogens with zero attached hydrogens (tertiary/aromatic N) is 3. The molecular weight excluding hydrogens is 466 g/mol. The monoisotopic (exact) mass is 495 g/mol. The van der Waals surface area contributed by atoms with Crippen LogP contribution in [-0.4, -0.2) is 47.7 Å². The zero-order valence-corrected chi connectivity index (χ0v) is 20.4. The van der Waals surface area contributed by atoms with Crippen molar-refractivity contribution >= 4 is 23.7 Å². The third-order valence-electron chi connectivity index (χ3n) is 6.45. The molecule has 2 aromatic carbocycles. The standard InChI is InChI=1S/C29H29N5O3/c35-29(32-22-10-7-13-30-19-22)25-18-24-26(16-21(17-27(24)34-36)20-8-3-1-4-9-20)33-28(25)31-14-15-37-23-11-5-2-6-12-23/h1-6,8-12,18-19,21,36H,7,13-17H2,(H,31,33)(H,32,35)/b34-27+. The van der Waals surface area contributed by atoms with Gasteiger partial charge in [0.1, 0.15) is 18.2 Å². The Morgan fingerprint density at radius 1 is 1.08 bits per heavy atom. The van der Waals surface area contributed by atoms with Gasteiger partial charge in [0.15, 0.2) is 0 Å². The Morgan fingerprint density at radius 2 is 1.86 bits per heavy atom. The van der Waals surface area contributed by atoms with Gasteiger partial charge in [0.05, 0.1) is 29.2 Å². The van der Waals surface area contributed by atoms with Gasteiger partial charge in [0.25, 0.3) is 5.91 Å². The summed E-state index contributed by atoms with van der Waals surface area (Å²) in [7, 11) is 0. The Balaban J connectivity index is 1.42. The molecule has 37 heavy (non-hydrogen) atoms. The Morgan fingerprint density at radius 3 is 2.59 bits per heavy atom. The number of hydrogen-bond donors (Lipinski definition) is 3. The number of oxime groups is 1. The summed E-state index contributed by atoms with van der Waals surface area (Å²) in [6.45, 7) is 1.57. The lowest BCUT2D eigenvalue weighted by molar-refractivity contribution is 0.0968. The second kappa shape index (κ2) is 11.5. The maximum Gasteiger partial charge on any atom is 0.259 e.